The van der Waals surface area contributed by atoms with Crippen molar-refractivity contribution in [1.82, 2.24) is 4.31 Å². The topological polar surface area (TPSA) is 94.2 Å². The predicted octanol–water partition coefficient (Wildman–Crippen LogP) is 4.03. The Morgan fingerprint density at radius 2 is 1.73 bits per heavy atom. The number of benzene rings is 2. The monoisotopic (exact) mass is 474 g/mol. The van der Waals surface area contributed by atoms with Crippen molar-refractivity contribution in [2.45, 2.75) is 37.5 Å². The summed E-state index contributed by atoms with van der Waals surface area (Å²) in [5, 5.41) is 2.92. The number of sulfonamides is 1. The summed E-state index contributed by atoms with van der Waals surface area (Å²) in [6, 6.07) is 11.7. The molecule has 1 aliphatic carbocycles. The van der Waals surface area contributed by atoms with Crippen LogP contribution >= 0.6 is 0 Å². The van der Waals surface area contributed by atoms with E-state index >= 15 is 0 Å². The third kappa shape index (κ3) is 5.66. The van der Waals surface area contributed by atoms with Gasteiger partial charge in [0.1, 0.15) is 11.5 Å². The highest BCUT2D eigenvalue weighted by Gasteiger charge is 2.28. The first-order chi connectivity index (χ1) is 16.0. The number of anilines is 1. The van der Waals surface area contributed by atoms with Gasteiger partial charge >= 0.3 is 0 Å². The van der Waals surface area contributed by atoms with Gasteiger partial charge in [-0.25, -0.2) is 8.42 Å². The molecule has 0 aromatic heterocycles. The summed E-state index contributed by atoms with van der Waals surface area (Å²) in [4.78, 5) is 13.0. The average molecular weight is 475 g/mol. The molecule has 1 heterocycles. The van der Waals surface area contributed by atoms with Crippen molar-refractivity contribution < 1.29 is 27.4 Å². The summed E-state index contributed by atoms with van der Waals surface area (Å²) in [5.74, 6) is 1.49. The standard InChI is InChI=1S/C24H30N2O6S/c1-2-31-19-7-9-20(10-8-19)32-23-12-11-21(33(28,29)26-13-15-30-16-14-26)17-22(23)25-24(27)18-5-3-4-6-18/h7-12,17-18H,2-6,13-16H2,1H3,(H,25,27). The number of nitrogens with zero attached hydrogens (tertiary/aromatic N) is 1. The third-order valence-electron chi connectivity index (χ3n) is 5.91. The van der Waals surface area contributed by atoms with E-state index in [0.29, 0.717) is 50.1 Å². The molecule has 4 rings (SSSR count). The zero-order valence-electron chi connectivity index (χ0n) is 18.8. The summed E-state index contributed by atoms with van der Waals surface area (Å²) >= 11 is 0. The molecule has 2 aliphatic rings. The van der Waals surface area contributed by atoms with E-state index < -0.39 is 10.0 Å². The number of amides is 1. The van der Waals surface area contributed by atoms with Gasteiger partial charge in [0, 0.05) is 19.0 Å². The highest BCUT2D eigenvalue weighted by Crippen LogP contribution is 2.35. The molecule has 8 nitrogen and oxygen atoms in total. The number of rotatable bonds is 8. The summed E-state index contributed by atoms with van der Waals surface area (Å²) in [6.07, 6.45) is 3.73. The first-order valence-corrected chi connectivity index (χ1v) is 12.8. The van der Waals surface area contributed by atoms with Gasteiger partial charge in [0.25, 0.3) is 0 Å². The lowest BCUT2D eigenvalue weighted by atomic mass is 10.1. The molecule has 1 amide bonds. The molecule has 2 fully saturated rings. The van der Waals surface area contributed by atoms with Crippen LogP contribution in [-0.4, -0.2) is 51.5 Å². The number of hydrogen-bond donors (Lipinski definition) is 1. The van der Waals surface area contributed by atoms with Gasteiger partial charge in [-0.05, 0) is 62.2 Å². The van der Waals surface area contributed by atoms with Gasteiger partial charge in [-0.1, -0.05) is 12.8 Å². The maximum absolute atomic E-state index is 13.2. The second kappa shape index (κ2) is 10.5. The van der Waals surface area contributed by atoms with Crippen LogP contribution in [-0.2, 0) is 19.6 Å². The van der Waals surface area contributed by atoms with E-state index in [2.05, 4.69) is 5.32 Å². The number of carbonyl (C=O) groups is 1. The van der Waals surface area contributed by atoms with Gasteiger partial charge in [0.15, 0.2) is 5.75 Å². The Hall–Kier alpha value is -2.62. The lowest BCUT2D eigenvalue weighted by molar-refractivity contribution is -0.119. The van der Waals surface area contributed by atoms with E-state index in [0.717, 1.165) is 31.4 Å². The Bertz CT molecular complexity index is 1060. The molecule has 0 bridgehead atoms. The molecule has 0 radical (unpaired) electrons. The first kappa shape index (κ1) is 23.5. The van der Waals surface area contributed by atoms with E-state index in [9.17, 15) is 13.2 Å². The third-order valence-corrected chi connectivity index (χ3v) is 7.80. The van der Waals surface area contributed by atoms with Crippen molar-refractivity contribution >= 4 is 21.6 Å². The van der Waals surface area contributed by atoms with E-state index in [-0.39, 0.29) is 16.7 Å². The average Bonchev–Trinajstić information content (AvgIpc) is 3.37. The normalized spacial score (nSPS) is 17.6. The van der Waals surface area contributed by atoms with Crippen LogP contribution in [0, 0.1) is 5.92 Å². The van der Waals surface area contributed by atoms with E-state index in [4.69, 9.17) is 14.2 Å². The molecule has 33 heavy (non-hydrogen) atoms. The number of hydrogen-bond acceptors (Lipinski definition) is 6. The zero-order valence-corrected chi connectivity index (χ0v) is 19.6. The van der Waals surface area contributed by atoms with Crippen LogP contribution in [0.25, 0.3) is 0 Å². The minimum Gasteiger partial charge on any atom is -0.494 e. The van der Waals surface area contributed by atoms with E-state index in [1.165, 1.54) is 16.4 Å². The van der Waals surface area contributed by atoms with Crippen LogP contribution in [0.3, 0.4) is 0 Å². The summed E-state index contributed by atoms with van der Waals surface area (Å²) in [7, 11) is -3.71. The second-order valence-electron chi connectivity index (χ2n) is 8.15. The van der Waals surface area contributed by atoms with Crippen LogP contribution in [0.4, 0.5) is 5.69 Å². The van der Waals surface area contributed by atoms with Gasteiger partial charge in [-0.2, -0.15) is 4.31 Å². The van der Waals surface area contributed by atoms with Crippen LogP contribution in [0.1, 0.15) is 32.6 Å². The van der Waals surface area contributed by atoms with E-state index in [1.807, 2.05) is 6.92 Å². The maximum Gasteiger partial charge on any atom is 0.243 e. The molecule has 1 N–H and O–H groups in total. The van der Waals surface area contributed by atoms with Crippen molar-refractivity contribution in [3.8, 4) is 17.2 Å². The highest BCUT2D eigenvalue weighted by atomic mass is 32.2. The molecule has 9 heteroatoms. The van der Waals surface area contributed by atoms with Crippen molar-refractivity contribution in [2.24, 2.45) is 5.92 Å². The Labute approximate surface area is 194 Å². The molecular formula is C24H30N2O6S. The van der Waals surface area contributed by atoms with Gasteiger partial charge < -0.3 is 19.5 Å². The van der Waals surface area contributed by atoms with Gasteiger partial charge in [-0.15, -0.1) is 0 Å². The minimum atomic E-state index is -3.71. The van der Waals surface area contributed by atoms with Crippen molar-refractivity contribution in [2.75, 3.05) is 38.2 Å². The molecule has 0 unspecified atom stereocenters. The van der Waals surface area contributed by atoms with Crippen LogP contribution in [0.2, 0.25) is 0 Å². The lowest BCUT2D eigenvalue weighted by Gasteiger charge is -2.26. The zero-order chi connectivity index (χ0) is 23.3. The van der Waals surface area contributed by atoms with Gasteiger partial charge in [0.2, 0.25) is 15.9 Å². The quantitative estimate of drug-likeness (QED) is 0.621. The molecule has 1 saturated heterocycles. The molecule has 0 spiro atoms. The Morgan fingerprint density at radius 1 is 1.06 bits per heavy atom. The smallest absolute Gasteiger partial charge is 0.243 e. The number of carbonyl (C=O) groups excluding carboxylic acids is 1. The predicted molar refractivity (Wildman–Crippen MR) is 124 cm³/mol. The largest absolute Gasteiger partial charge is 0.494 e. The number of nitrogens with one attached hydrogen (secondary N) is 1. The van der Waals surface area contributed by atoms with Crippen molar-refractivity contribution in [1.29, 1.82) is 0 Å². The molecule has 0 atom stereocenters. The maximum atomic E-state index is 13.2. The fourth-order valence-electron chi connectivity index (χ4n) is 4.11. The van der Waals surface area contributed by atoms with Gasteiger partial charge in [0.05, 0.1) is 30.4 Å². The Morgan fingerprint density at radius 3 is 2.39 bits per heavy atom. The van der Waals surface area contributed by atoms with Crippen LogP contribution in [0.15, 0.2) is 47.4 Å². The fraction of sp³-hybridized carbons (Fsp3) is 0.458. The van der Waals surface area contributed by atoms with Crippen LogP contribution in [0.5, 0.6) is 17.2 Å². The van der Waals surface area contributed by atoms with E-state index in [1.54, 1.807) is 30.3 Å². The number of morpholine rings is 1. The Balaban J connectivity index is 1.62. The van der Waals surface area contributed by atoms with Crippen molar-refractivity contribution in [3.05, 3.63) is 42.5 Å². The number of ether oxygens (including phenoxy) is 3. The summed E-state index contributed by atoms with van der Waals surface area (Å²) < 4.78 is 44.5. The molecule has 2 aromatic carbocycles. The SMILES string of the molecule is CCOc1ccc(Oc2ccc(S(=O)(=O)N3CCOCC3)cc2NC(=O)C2CCCC2)cc1. The highest BCUT2D eigenvalue weighted by molar-refractivity contribution is 7.89. The fourth-order valence-corrected chi connectivity index (χ4v) is 5.55. The molecule has 178 valence electrons. The van der Waals surface area contributed by atoms with Gasteiger partial charge in [-0.3, -0.25) is 4.79 Å². The molecule has 1 aliphatic heterocycles. The minimum absolute atomic E-state index is 0.0668. The molecular weight excluding hydrogens is 444 g/mol. The summed E-state index contributed by atoms with van der Waals surface area (Å²) in [6.45, 7) is 3.81. The first-order valence-electron chi connectivity index (χ1n) is 11.4. The Kier molecular flexibility index (Phi) is 7.52. The molecule has 1 saturated carbocycles. The lowest BCUT2D eigenvalue weighted by Crippen LogP contribution is -2.40. The van der Waals surface area contributed by atoms with Crippen molar-refractivity contribution in [3.63, 3.8) is 0 Å². The summed E-state index contributed by atoms with van der Waals surface area (Å²) in [5.41, 5.74) is 0.343. The van der Waals surface area contributed by atoms with Crippen LogP contribution < -0.4 is 14.8 Å². The second-order valence-corrected chi connectivity index (χ2v) is 10.1. The molecule has 2 aromatic rings.